The Hall–Kier alpha value is 0.177. The number of rotatable bonds is 5. The third-order valence-corrected chi connectivity index (χ3v) is 5.57. The molecule has 2 heteroatoms. The van der Waals surface area contributed by atoms with E-state index < -0.39 is 9.04 Å². The SMILES string of the molecule is CCCCCO[Si](C(C)(C)C)C(C)(C)C. The van der Waals surface area contributed by atoms with Crippen molar-refractivity contribution in [1.82, 2.24) is 0 Å². The van der Waals surface area contributed by atoms with Crippen LogP contribution in [0.3, 0.4) is 0 Å². The lowest BCUT2D eigenvalue weighted by Gasteiger charge is -2.37. The molecule has 0 unspecified atom stereocenters. The molecule has 0 aliphatic heterocycles. The summed E-state index contributed by atoms with van der Waals surface area (Å²) < 4.78 is 6.17. The molecule has 0 aliphatic carbocycles. The maximum Gasteiger partial charge on any atom is 0.222 e. The van der Waals surface area contributed by atoms with Gasteiger partial charge in [0.05, 0.1) is 0 Å². The van der Waals surface area contributed by atoms with Crippen molar-refractivity contribution in [3.63, 3.8) is 0 Å². The van der Waals surface area contributed by atoms with E-state index in [1.807, 2.05) is 0 Å². The van der Waals surface area contributed by atoms with Crippen LogP contribution in [0.2, 0.25) is 10.1 Å². The summed E-state index contributed by atoms with van der Waals surface area (Å²) in [4.78, 5) is 0. The molecule has 0 aromatic rings. The minimum absolute atomic E-state index is 0.329. The van der Waals surface area contributed by atoms with Gasteiger partial charge in [-0.1, -0.05) is 61.3 Å². The van der Waals surface area contributed by atoms with Gasteiger partial charge in [0.1, 0.15) is 0 Å². The Morgan fingerprint density at radius 3 is 1.67 bits per heavy atom. The minimum Gasteiger partial charge on any atom is -0.416 e. The molecule has 0 aromatic carbocycles. The lowest BCUT2D eigenvalue weighted by molar-refractivity contribution is 0.274. The zero-order valence-corrected chi connectivity index (χ0v) is 12.7. The second kappa shape index (κ2) is 6.05. The molecule has 91 valence electrons. The van der Waals surface area contributed by atoms with Gasteiger partial charge in [0.15, 0.2) is 0 Å². The van der Waals surface area contributed by atoms with Crippen LogP contribution in [0.15, 0.2) is 0 Å². The molecule has 1 nitrogen and oxygen atoms in total. The Morgan fingerprint density at radius 2 is 1.33 bits per heavy atom. The summed E-state index contributed by atoms with van der Waals surface area (Å²) in [5, 5.41) is 0.657. The summed E-state index contributed by atoms with van der Waals surface area (Å²) in [6.07, 6.45) is 3.79. The molecule has 0 bridgehead atoms. The zero-order valence-electron chi connectivity index (χ0n) is 11.7. The summed E-state index contributed by atoms with van der Waals surface area (Å²) in [7, 11) is -0.756. The third kappa shape index (κ3) is 6.36. The maximum absolute atomic E-state index is 6.17. The van der Waals surface area contributed by atoms with E-state index in [4.69, 9.17) is 4.43 Å². The second-order valence-electron chi connectivity index (χ2n) is 6.38. The fourth-order valence-electron chi connectivity index (χ4n) is 2.08. The van der Waals surface area contributed by atoms with Crippen molar-refractivity contribution in [1.29, 1.82) is 0 Å². The Labute approximate surface area is 98.3 Å². The topological polar surface area (TPSA) is 9.23 Å². The van der Waals surface area contributed by atoms with E-state index in [1.54, 1.807) is 0 Å². The van der Waals surface area contributed by atoms with Gasteiger partial charge in [-0.3, -0.25) is 0 Å². The van der Waals surface area contributed by atoms with Gasteiger partial charge < -0.3 is 4.43 Å². The molecule has 0 saturated heterocycles. The summed E-state index contributed by atoms with van der Waals surface area (Å²) in [5.41, 5.74) is 0. The van der Waals surface area contributed by atoms with Gasteiger partial charge >= 0.3 is 0 Å². The van der Waals surface area contributed by atoms with Crippen molar-refractivity contribution in [3.05, 3.63) is 0 Å². The van der Waals surface area contributed by atoms with Gasteiger partial charge in [-0.25, -0.2) is 0 Å². The predicted octanol–water partition coefficient (Wildman–Crippen LogP) is 4.78. The van der Waals surface area contributed by atoms with E-state index in [0.717, 1.165) is 6.61 Å². The van der Waals surface area contributed by atoms with E-state index in [0.29, 0.717) is 10.1 Å². The van der Waals surface area contributed by atoms with E-state index in [-0.39, 0.29) is 0 Å². The first-order valence-corrected chi connectivity index (χ1v) is 7.61. The largest absolute Gasteiger partial charge is 0.416 e. The molecule has 0 fully saturated rings. The molecule has 0 amide bonds. The summed E-state index contributed by atoms with van der Waals surface area (Å²) in [5.74, 6) is 0. The van der Waals surface area contributed by atoms with Gasteiger partial charge in [0, 0.05) is 6.61 Å². The molecule has 0 saturated carbocycles. The lowest BCUT2D eigenvalue weighted by Crippen LogP contribution is -2.38. The Kier molecular flexibility index (Phi) is 6.12. The van der Waals surface area contributed by atoms with Crippen molar-refractivity contribution >= 4 is 9.04 Å². The number of hydrogen-bond acceptors (Lipinski definition) is 1. The Balaban J connectivity index is 4.17. The number of hydrogen-bond donors (Lipinski definition) is 0. The fourth-order valence-corrected chi connectivity index (χ4v) is 5.55. The van der Waals surface area contributed by atoms with Crippen molar-refractivity contribution in [2.24, 2.45) is 0 Å². The van der Waals surface area contributed by atoms with Crippen LogP contribution in [0.4, 0.5) is 0 Å². The van der Waals surface area contributed by atoms with E-state index in [9.17, 15) is 0 Å². The molecule has 0 spiro atoms. The van der Waals surface area contributed by atoms with Crippen LogP contribution in [0.1, 0.15) is 67.7 Å². The van der Waals surface area contributed by atoms with Crippen LogP contribution >= 0.6 is 0 Å². The van der Waals surface area contributed by atoms with Crippen molar-refractivity contribution in [2.45, 2.75) is 77.8 Å². The van der Waals surface area contributed by atoms with E-state index in [2.05, 4.69) is 48.5 Å². The molecule has 0 N–H and O–H groups in total. The van der Waals surface area contributed by atoms with E-state index >= 15 is 0 Å². The first kappa shape index (κ1) is 15.2. The van der Waals surface area contributed by atoms with Crippen LogP contribution in [-0.2, 0) is 4.43 Å². The third-order valence-electron chi connectivity index (χ3n) is 2.36. The van der Waals surface area contributed by atoms with Gasteiger partial charge in [-0.15, -0.1) is 0 Å². The molecule has 15 heavy (non-hydrogen) atoms. The van der Waals surface area contributed by atoms with Gasteiger partial charge in [-0.2, -0.15) is 0 Å². The van der Waals surface area contributed by atoms with Crippen LogP contribution in [0.25, 0.3) is 0 Å². The second-order valence-corrected chi connectivity index (χ2v) is 10.3. The summed E-state index contributed by atoms with van der Waals surface area (Å²) in [6.45, 7) is 17.1. The van der Waals surface area contributed by atoms with Crippen LogP contribution in [-0.4, -0.2) is 15.6 Å². The van der Waals surface area contributed by atoms with Crippen LogP contribution < -0.4 is 0 Å². The van der Waals surface area contributed by atoms with Gasteiger partial charge in [0.25, 0.3) is 0 Å². The van der Waals surface area contributed by atoms with Gasteiger partial charge in [0.2, 0.25) is 9.04 Å². The highest BCUT2D eigenvalue weighted by molar-refractivity contribution is 6.58. The average Bonchev–Trinajstić information content (AvgIpc) is 1.99. The molecular formula is C13H29OSi. The van der Waals surface area contributed by atoms with E-state index in [1.165, 1.54) is 19.3 Å². The first-order chi connectivity index (χ1) is 6.69. The van der Waals surface area contributed by atoms with Crippen molar-refractivity contribution in [2.75, 3.05) is 6.61 Å². The zero-order chi connectivity index (χ0) is 12.1. The highest BCUT2D eigenvalue weighted by atomic mass is 28.3. The number of unbranched alkanes of at least 4 members (excludes halogenated alkanes) is 2. The molecule has 0 atom stereocenters. The molecular weight excluding hydrogens is 200 g/mol. The highest BCUT2D eigenvalue weighted by Gasteiger charge is 2.39. The van der Waals surface area contributed by atoms with Crippen molar-refractivity contribution in [3.8, 4) is 0 Å². The predicted molar refractivity (Wildman–Crippen MR) is 70.7 cm³/mol. The molecule has 0 aliphatic rings. The molecule has 0 rings (SSSR count). The fraction of sp³-hybridized carbons (Fsp3) is 1.00. The smallest absolute Gasteiger partial charge is 0.222 e. The standard InChI is InChI=1S/C13H29OSi/c1-8-9-10-11-14-15(12(2,3)4)13(5,6)7/h8-11H2,1-7H3. The van der Waals surface area contributed by atoms with Gasteiger partial charge in [-0.05, 0) is 16.5 Å². The highest BCUT2D eigenvalue weighted by Crippen LogP contribution is 2.42. The quantitative estimate of drug-likeness (QED) is 0.487. The lowest BCUT2D eigenvalue weighted by atomic mass is 10.2. The molecule has 0 aromatic heterocycles. The average molecular weight is 229 g/mol. The minimum atomic E-state index is -0.756. The monoisotopic (exact) mass is 229 g/mol. The maximum atomic E-state index is 6.17. The normalized spacial score (nSPS) is 13.6. The summed E-state index contributed by atoms with van der Waals surface area (Å²) >= 11 is 0. The first-order valence-electron chi connectivity index (χ1n) is 6.20. The Bertz CT molecular complexity index is 150. The Morgan fingerprint density at radius 1 is 0.867 bits per heavy atom. The van der Waals surface area contributed by atoms with Crippen molar-refractivity contribution < 1.29 is 4.43 Å². The summed E-state index contributed by atoms with van der Waals surface area (Å²) in [6, 6.07) is 0. The van der Waals surface area contributed by atoms with Crippen LogP contribution in [0, 0.1) is 0 Å². The molecule has 0 heterocycles. The molecule has 1 radical (unpaired) electrons. The van der Waals surface area contributed by atoms with Crippen LogP contribution in [0.5, 0.6) is 0 Å².